The van der Waals surface area contributed by atoms with E-state index in [9.17, 15) is 0 Å². The Morgan fingerprint density at radius 1 is 0.500 bits per heavy atom. The minimum absolute atomic E-state index is 0.136. The van der Waals surface area contributed by atoms with Crippen molar-refractivity contribution in [3.05, 3.63) is 174 Å². The number of hydrogen-bond donors (Lipinski definition) is 0. The Morgan fingerprint density at radius 2 is 1.19 bits per heavy atom. The maximum atomic E-state index is 2.46. The Bertz CT molecular complexity index is 2310. The molecular formula is C47H39N. The van der Waals surface area contributed by atoms with Crippen LogP contribution < -0.4 is 4.90 Å². The number of benzene rings is 7. The van der Waals surface area contributed by atoms with E-state index < -0.39 is 0 Å². The highest BCUT2D eigenvalue weighted by atomic mass is 15.1. The lowest BCUT2D eigenvalue weighted by Crippen LogP contribution is -2.17. The molecule has 0 N–H and O–H groups in total. The predicted molar refractivity (Wildman–Crippen MR) is 204 cm³/mol. The summed E-state index contributed by atoms with van der Waals surface area (Å²) in [6.07, 6.45) is 4.94. The molecule has 0 spiro atoms. The van der Waals surface area contributed by atoms with Crippen LogP contribution in [0.3, 0.4) is 0 Å². The maximum absolute atomic E-state index is 2.46. The van der Waals surface area contributed by atoms with E-state index in [1.54, 1.807) is 0 Å². The van der Waals surface area contributed by atoms with Gasteiger partial charge < -0.3 is 4.90 Å². The molecule has 0 unspecified atom stereocenters. The van der Waals surface area contributed by atoms with E-state index >= 15 is 0 Å². The second-order valence-corrected chi connectivity index (χ2v) is 14.0. The number of nitrogens with zero attached hydrogens (tertiary/aromatic N) is 1. The van der Waals surface area contributed by atoms with Crippen molar-refractivity contribution in [2.45, 2.75) is 44.9 Å². The predicted octanol–water partition coefficient (Wildman–Crippen LogP) is 12.8. The first-order valence-electron chi connectivity index (χ1n) is 17.4. The largest absolute Gasteiger partial charge is 0.310 e. The average Bonchev–Trinajstić information content (AvgIpc) is 3.38. The number of aryl methyl sites for hydroxylation is 1. The summed E-state index contributed by atoms with van der Waals surface area (Å²) in [7, 11) is 0. The van der Waals surface area contributed by atoms with Gasteiger partial charge in [-0.1, -0.05) is 135 Å². The third-order valence-corrected chi connectivity index (χ3v) is 10.8. The minimum atomic E-state index is -0.136. The average molecular weight is 618 g/mol. The zero-order valence-corrected chi connectivity index (χ0v) is 27.7. The number of hydrogen-bond acceptors (Lipinski definition) is 1. The number of anilines is 3. The van der Waals surface area contributed by atoms with E-state index in [-0.39, 0.29) is 5.41 Å². The first kappa shape index (κ1) is 28.8. The van der Waals surface area contributed by atoms with Crippen LogP contribution in [0.4, 0.5) is 17.1 Å². The van der Waals surface area contributed by atoms with E-state index in [2.05, 4.69) is 170 Å². The van der Waals surface area contributed by atoms with Crippen LogP contribution in [0.25, 0.3) is 44.2 Å². The van der Waals surface area contributed by atoms with Gasteiger partial charge in [-0.05, 0) is 117 Å². The summed E-state index contributed by atoms with van der Waals surface area (Å²) in [6.45, 7) is 4.79. The van der Waals surface area contributed by atoms with Gasteiger partial charge in [0.25, 0.3) is 0 Å². The third kappa shape index (κ3) is 4.60. The molecule has 0 fully saturated rings. The molecule has 0 saturated heterocycles. The van der Waals surface area contributed by atoms with Gasteiger partial charge in [0, 0.05) is 22.4 Å². The van der Waals surface area contributed by atoms with E-state index in [1.807, 2.05) is 0 Å². The molecule has 2 aliphatic rings. The summed E-state index contributed by atoms with van der Waals surface area (Å²) in [5.41, 5.74) is 17.0. The fraction of sp³-hybridized carbons (Fsp3) is 0.149. The highest BCUT2D eigenvalue weighted by Crippen LogP contribution is 2.53. The summed E-state index contributed by atoms with van der Waals surface area (Å²) in [6, 6.07) is 56.4. The summed E-state index contributed by atoms with van der Waals surface area (Å²) < 4.78 is 0. The van der Waals surface area contributed by atoms with Crippen LogP contribution in [-0.4, -0.2) is 0 Å². The van der Waals surface area contributed by atoms with Crippen molar-refractivity contribution in [3.8, 4) is 33.4 Å². The first-order chi connectivity index (χ1) is 23.6. The normalized spacial score (nSPS) is 14.3. The van der Waals surface area contributed by atoms with Gasteiger partial charge in [-0.3, -0.25) is 0 Å². The van der Waals surface area contributed by atoms with Crippen LogP contribution in [0.15, 0.2) is 152 Å². The third-order valence-electron chi connectivity index (χ3n) is 10.8. The zero-order chi connectivity index (χ0) is 32.2. The van der Waals surface area contributed by atoms with E-state index in [0.29, 0.717) is 0 Å². The second-order valence-electron chi connectivity index (χ2n) is 14.0. The van der Waals surface area contributed by atoms with Crippen molar-refractivity contribution >= 4 is 27.8 Å². The van der Waals surface area contributed by atoms with Crippen LogP contribution in [0.5, 0.6) is 0 Å². The van der Waals surface area contributed by atoms with Gasteiger partial charge in [0.1, 0.15) is 0 Å². The second kappa shape index (κ2) is 11.4. The molecule has 0 aromatic heterocycles. The number of rotatable bonds is 5. The van der Waals surface area contributed by atoms with Crippen LogP contribution in [0.2, 0.25) is 0 Å². The minimum Gasteiger partial charge on any atom is -0.310 e. The van der Waals surface area contributed by atoms with Gasteiger partial charge in [0.2, 0.25) is 0 Å². The molecule has 0 radical (unpaired) electrons. The molecule has 0 amide bonds. The number of para-hydroxylation sites is 1. The Balaban J connectivity index is 1.21. The Kier molecular flexibility index (Phi) is 6.83. The quantitative estimate of drug-likeness (QED) is 0.186. The Labute approximate surface area is 284 Å². The van der Waals surface area contributed by atoms with E-state index in [0.717, 1.165) is 5.69 Å². The van der Waals surface area contributed by atoms with E-state index in [1.165, 1.54) is 103 Å². The van der Waals surface area contributed by atoms with Gasteiger partial charge in [-0.2, -0.15) is 0 Å². The Morgan fingerprint density at radius 3 is 2.06 bits per heavy atom. The molecule has 0 heterocycles. The molecule has 7 aromatic carbocycles. The monoisotopic (exact) mass is 617 g/mol. The Hall–Kier alpha value is -5.40. The smallest absolute Gasteiger partial charge is 0.0540 e. The molecule has 1 nitrogen and oxygen atoms in total. The standard InChI is InChI=1S/C47H39N/c1-47(2)44-31-37(28-30-42(44)43-29-25-34-16-7-9-20-41(34)46(43)47)48(45-22-11-10-19-40(45)33-13-4-3-5-14-33)36-26-23-35(24-27-36)39-21-12-17-32-15-6-8-18-38(32)39/h3-5,7,9-14,16-17,19-31H,6,8,15,18H2,1-2H3. The van der Waals surface area contributed by atoms with Gasteiger partial charge >= 0.3 is 0 Å². The molecule has 232 valence electrons. The molecule has 0 saturated carbocycles. The molecule has 0 atom stereocenters. The van der Waals surface area contributed by atoms with E-state index in [4.69, 9.17) is 0 Å². The molecule has 2 aliphatic carbocycles. The summed E-state index contributed by atoms with van der Waals surface area (Å²) >= 11 is 0. The summed E-state index contributed by atoms with van der Waals surface area (Å²) in [4.78, 5) is 2.46. The number of fused-ring (bicyclic) bond motifs is 6. The van der Waals surface area contributed by atoms with Gasteiger partial charge in [0.05, 0.1) is 5.69 Å². The molecule has 1 heteroatoms. The molecular weight excluding hydrogens is 579 g/mol. The molecule has 7 aromatic rings. The van der Waals surface area contributed by atoms with Crippen LogP contribution >= 0.6 is 0 Å². The van der Waals surface area contributed by atoms with Crippen molar-refractivity contribution in [2.24, 2.45) is 0 Å². The SMILES string of the molecule is CC1(C)c2cc(N(c3ccc(-c4cccc5c4CCCC5)cc3)c3ccccc3-c3ccccc3)ccc2-c2ccc3ccccc3c21. The molecule has 48 heavy (non-hydrogen) atoms. The van der Waals surface area contributed by atoms with Crippen molar-refractivity contribution in [3.63, 3.8) is 0 Å². The fourth-order valence-electron chi connectivity index (χ4n) is 8.53. The van der Waals surface area contributed by atoms with Crippen LogP contribution in [0.1, 0.15) is 48.9 Å². The lowest BCUT2D eigenvalue weighted by Gasteiger charge is -2.30. The highest BCUT2D eigenvalue weighted by Gasteiger charge is 2.37. The summed E-state index contributed by atoms with van der Waals surface area (Å²) in [5.74, 6) is 0. The van der Waals surface area contributed by atoms with Crippen LogP contribution in [-0.2, 0) is 18.3 Å². The molecule has 0 aliphatic heterocycles. The molecule has 9 rings (SSSR count). The lowest BCUT2D eigenvalue weighted by molar-refractivity contribution is 0.666. The lowest BCUT2D eigenvalue weighted by atomic mass is 9.80. The van der Waals surface area contributed by atoms with Crippen molar-refractivity contribution < 1.29 is 0 Å². The van der Waals surface area contributed by atoms with Gasteiger partial charge in [0.15, 0.2) is 0 Å². The fourth-order valence-corrected chi connectivity index (χ4v) is 8.53. The topological polar surface area (TPSA) is 3.24 Å². The molecule has 0 bridgehead atoms. The van der Waals surface area contributed by atoms with Gasteiger partial charge in [-0.25, -0.2) is 0 Å². The summed E-state index contributed by atoms with van der Waals surface area (Å²) in [5, 5.41) is 2.65. The van der Waals surface area contributed by atoms with Crippen molar-refractivity contribution in [2.75, 3.05) is 4.90 Å². The van der Waals surface area contributed by atoms with Crippen LogP contribution in [0, 0.1) is 0 Å². The maximum Gasteiger partial charge on any atom is 0.0540 e. The van der Waals surface area contributed by atoms with Crippen molar-refractivity contribution in [1.82, 2.24) is 0 Å². The zero-order valence-electron chi connectivity index (χ0n) is 27.7. The van der Waals surface area contributed by atoms with Gasteiger partial charge in [-0.15, -0.1) is 0 Å². The van der Waals surface area contributed by atoms with Crippen molar-refractivity contribution in [1.29, 1.82) is 0 Å². The first-order valence-corrected chi connectivity index (χ1v) is 17.4. The highest BCUT2D eigenvalue weighted by molar-refractivity contribution is 5.98.